The van der Waals surface area contributed by atoms with Crippen molar-refractivity contribution in [1.82, 2.24) is 4.98 Å². The normalized spacial score (nSPS) is 10.6. The Morgan fingerprint density at radius 3 is 2.85 bits per heavy atom. The van der Waals surface area contributed by atoms with E-state index in [1.807, 2.05) is 18.2 Å². The maximum Gasteiger partial charge on any atom is 0.155 e. The van der Waals surface area contributed by atoms with E-state index >= 15 is 0 Å². The van der Waals surface area contributed by atoms with Crippen LogP contribution >= 0.6 is 45.2 Å². The number of phenolic OH excluding ortho intramolecular Hbond substituents is 1. The van der Waals surface area contributed by atoms with Gasteiger partial charge in [-0.3, -0.25) is 4.98 Å². The van der Waals surface area contributed by atoms with Crippen LogP contribution in [0.15, 0.2) is 24.4 Å². The Kier molecular flexibility index (Phi) is 2.59. The molecule has 0 aliphatic rings. The van der Waals surface area contributed by atoms with E-state index in [0.717, 1.165) is 12.5 Å². The second-order valence-electron chi connectivity index (χ2n) is 2.59. The summed E-state index contributed by atoms with van der Waals surface area (Å²) in [6.45, 7) is 0. The van der Waals surface area contributed by atoms with Crippen molar-refractivity contribution in [3.8, 4) is 5.75 Å². The molecule has 2 rings (SSSR count). The molecule has 0 bridgehead atoms. The van der Waals surface area contributed by atoms with Crippen molar-refractivity contribution in [2.24, 2.45) is 0 Å². The number of aromatic nitrogens is 1. The minimum Gasteiger partial charge on any atom is -0.505 e. The summed E-state index contributed by atoms with van der Waals surface area (Å²) in [5, 5.41) is 10.7. The summed E-state index contributed by atoms with van der Waals surface area (Å²) in [7, 11) is 0. The Morgan fingerprint density at radius 1 is 1.31 bits per heavy atom. The van der Waals surface area contributed by atoms with Gasteiger partial charge in [0, 0.05) is 16.6 Å². The Bertz CT molecular complexity index is 476. The number of hydrogen-bond donors (Lipinski definition) is 1. The van der Waals surface area contributed by atoms with Gasteiger partial charge in [0.2, 0.25) is 0 Å². The van der Waals surface area contributed by atoms with Crippen LogP contribution in [0, 0.1) is 7.14 Å². The summed E-state index contributed by atoms with van der Waals surface area (Å²) < 4.78 is 1.95. The van der Waals surface area contributed by atoms with Crippen molar-refractivity contribution < 1.29 is 6.53 Å². The summed E-state index contributed by atoms with van der Waals surface area (Å²) in [5.41, 5.74) is 0.679. The molecule has 0 saturated carbocycles. The van der Waals surface area contributed by atoms with Gasteiger partial charge in [-0.15, -0.1) is 0 Å². The quantitative estimate of drug-likeness (QED) is 0.690. The van der Waals surface area contributed by atoms with Crippen LogP contribution in [-0.4, -0.2) is 10.1 Å². The van der Waals surface area contributed by atoms with E-state index in [-0.39, 0.29) is 7.18 Å². The van der Waals surface area contributed by atoms with E-state index in [1.165, 1.54) is 0 Å². The molecular weight excluding hydrogens is 392 g/mol. The lowest BCUT2D eigenvalue weighted by Crippen LogP contribution is -1.85. The lowest BCUT2D eigenvalue weighted by Gasteiger charge is -2.03. The van der Waals surface area contributed by atoms with Gasteiger partial charge in [-0.2, -0.15) is 0 Å². The molecule has 2 aromatic rings. The van der Waals surface area contributed by atoms with Crippen molar-refractivity contribution in [1.29, 1.82) is 0 Å². The molecule has 68 valence electrons. The smallest absolute Gasteiger partial charge is 0.155 e. The minimum absolute atomic E-state index is 0. The largest absolute Gasteiger partial charge is 0.505 e. The highest BCUT2D eigenvalue weighted by molar-refractivity contribution is 14.1. The van der Waals surface area contributed by atoms with Crippen LogP contribution in [0.1, 0.15) is 1.43 Å². The zero-order valence-corrected chi connectivity index (χ0v) is 10.8. The fourth-order valence-electron chi connectivity index (χ4n) is 1.16. The average molecular weight is 399 g/mol. The molecule has 0 fully saturated rings. The maximum absolute atomic E-state index is 9.71. The third-order valence-electron chi connectivity index (χ3n) is 1.77. The molecule has 0 spiro atoms. The van der Waals surface area contributed by atoms with Crippen molar-refractivity contribution in [2.45, 2.75) is 0 Å². The molecule has 1 aromatic carbocycles. The van der Waals surface area contributed by atoms with Crippen molar-refractivity contribution >= 4 is 56.1 Å². The fourth-order valence-corrected chi connectivity index (χ4v) is 3.07. The van der Waals surface area contributed by atoms with E-state index in [9.17, 15) is 5.11 Å². The number of hydrogen-bond acceptors (Lipinski definition) is 2. The number of pyridine rings is 1. The Balaban J connectivity index is 0.000000980. The predicted molar refractivity (Wildman–Crippen MR) is 71.0 cm³/mol. The fraction of sp³-hybridized carbons (Fsp3) is 0. The molecule has 4 heteroatoms. The number of phenols is 1. The summed E-state index contributed by atoms with van der Waals surface area (Å²) >= 11 is 4.35. The van der Waals surface area contributed by atoms with Gasteiger partial charge in [0.15, 0.2) is 5.75 Å². The first-order chi connectivity index (χ1) is 6.20. The van der Waals surface area contributed by atoms with E-state index in [0.29, 0.717) is 5.52 Å². The van der Waals surface area contributed by atoms with Crippen molar-refractivity contribution in [3.63, 3.8) is 0 Å². The Hall–Kier alpha value is -0.110. The lowest BCUT2D eigenvalue weighted by atomic mass is 10.2. The van der Waals surface area contributed by atoms with Crippen LogP contribution in [0.5, 0.6) is 5.75 Å². The first kappa shape index (κ1) is 9.45. The Labute approximate surface area is 104 Å². The average Bonchev–Trinajstić information content (AvgIpc) is 2.15. The van der Waals surface area contributed by atoms with Crippen molar-refractivity contribution in [3.05, 3.63) is 31.5 Å². The number of nitrogens with zero attached hydrogens (tertiary/aromatic N) is 1. The molecule has 0 aliphatic carbocycles. The molecular formula is C9H7I2NO. The first-order valence-electron chi connectivity index (χ1n) is 3.62. The molecule has 1 aromatic heterocycles. The van der Waals surface area contributed by atoms with E-state index < -0.39 is 0 Å². The van der Waals surface area contributed by atoms with Crippen LogP contribution in [0.25, 0.3) is 10.9 Å². The molecule has 13 heavy (non-hydrogen) atoms. The zero-order chi connectivity index (χ0) is 9.42. The number of rotatable bonds is 0. The maximum atomic E-state index is 9.71. The van der Waals surface area contributed by atoms with Crippen LogP contribution < -0.4 is 0 Å². The van der Waals surface area contributed by atoms with Crippen LogP contribution in [-0.2, 0) is 0 Å². The summed E-state index contributed by atoms with van der Waals surface area (Å²) in [5.74, 6) is 0.275. The molecule has 0 saturated heterocycles. The van der Waals surface area contributed by atoms with Gasteiger partial charge in [-0.1, -0.05) is 6.07 Å². The zero-order valence-electron chi connectivity index (χ0n) is 6.46. The highest BCUT2D eigenvalue weighted by Crippen LogP contribution is 2.31. The second-order valence-corrected chi connectivity index (χ2v) is 4.91. The minimum atomic E-state index is 0. The highest BCUT2D eigenvalue weighted by Gasteiger charge is 2.07. The number of halogens is 2. The number of fused-ring (bicyclic) bond motifs is 1. The summed E-state index contributed by atoms with van der Waals surface area (Å²) in [4.78, 5) is 4.14. The van der Waals surface area contributed by atoms with Gasteiger partial charge in [0.1, 0.15) is 5.52 Å². The third-order valence-corrected chi connectivity index (χ3v) is 3.48. The molecule has 2 nitrogen and oxygen atoms in total. The predicted octanol–water partition coefficient (Wildman–Crippen LogP) is 3.40. The van der Waals surface area contributed by atoms with Crippen LogP contribution in [0.3, 0.4) is 0 Å². The second kappa shape index (κ2) is 3.56. The molecule has 0 amide bonds. The monoisotopic (exact) mass is 399 g/mol. The Morgan fingerprint density at radius 2 is 2.08 bits per heavy atom. The molecule has 1 N–H and O–H groups in total. The van der Waals surface area contributed by atoms with Gasteiger partial charge >= 0.3 is 0 Å². The highest BCUT2D eigenvalue weighted by atomic mass is 127. The molecule has 0 unspecified atom stereocenters. The van der Waals surface area contributed by atoms with E-state index in [4.69, 9.17) is 0 Å². The topological polar surface area (TPSA) is 33.1 Å². The number of benzene rings is 1. The molecule has 1 heterocycles. The lowest BCUT2D eigenvalue weighted by molar-refractivity contribution is 0.476. The van der Waals surface area contributed by atoms with Gasteiger partial charge in [0.25, 0.3) is 0 Å². The van der Waals surface area contributed by atoms with Crippen LogP contribution in [0.2, 0.25) is 0 Å². The van der Waals surface area contributed by atoms with E-state index in [2.05, 4.69) is 50.2 Å². The van der Waals surface area contributed by atoms with Gasteiger partial charge in [0.05, 0.1) is 3.57 Å². The van der Waals surface area contributed by atoms with Gasteiger partial charge in [-0.25, -0.2) is 0 Å². The molecule has 0 atom stereocenters. The van der Waals surface area contributed by atoms with Gasteiger partial charge < -0.3 is 5.11 Å². The molecule has 0 radical (unpaired) electrons. The number of aromatic hydroxyl groups is 1. The van der Waals surface area contributed by atoms with Crippen molar-refractivity contribution in [2.75, 3.05) is 0 Å². The first-order valence-corrected chi connectivity index (χ1v) is 5.77. The van der Waals surface area contributed by atoms with Crippen LogP contribution in [0.4, 0.5) is 0 Å². The van der Waals surface area contributed by atoms with E-state index in [1.54, 1.807) is 6.20 Å². The molecule has 0 aliphatic heterocycles. The van der Waals surface area contributed by atoms with Gasteiger partial charge in [-0.05, 0) is 57.3 Å². The third kappa shape index (κ3) is 1.61. The SMILES string of the molecule is Oc1c(I)cc(I)c2cccnc12.[HH]. The summed E-state index contributed by atoms with van der Waals surface area (Å²) in [6, 6.07) is 5.77. The standard InChI is InChI=1S/C9H5I2NO.H2/c10-6-4-7(11)9(13)8-5(6)2-1-3-12-8;/h1-4,13H;1H. The summed E-state index contributed by atoms with van der Waals surface area (Å²) in [6.07, 6.45) is 1.69.